The molecule has 1 amide bonds. The van der Waals surface area contributed by atoms with Crippen molar-refractivity contribution >= 4 is 5.91 Å². The van der Waals surface area contributed by atoms with Crippen molar-refractivity contribution in [1.29, 1.82) is 0 Å². The molecule has 140 valence electrons. The van der Waals surface area contributed by atoms with E-state index >= 15 is 0 Å². The van der Waals surface area contributed by atoms with E-state index in [1.54, 1.807) is 36.9 Å². The Bertz CT molecular complexity index is 958. The van der Waals surface area contributed by atoms with E-state index in [1.165, 1.54) is 6.20 Å². The molecule has 0 spiro atoms. The normalized spacial score (nSPS) is 12.6. The van der Waals surface area contributed by atoms with Gasteiger partial charge >= 0.3 is 0 Å². The molecule has 8 nitrogen and oxygen atoms in total. The number of carbonyl (C=O) groups is 1. The molecule has 2 N–H and O–H groups in total. The Hall–Kier alpha value is -3.29. The van der Waals surface area contributed by atoms with Crippen LogP contribution in [0.15, 0.2) is 54.1 Å². The van der Waals surface area contributed by atoms with Gasteiger partial charge in [0.1, 0.15) is 11.3 Å². The Balaban J connectivity index is 1.81. The highest BCUT2D eigenvalue weighted by Crippen LogP contribution is 2.21. The number of rotatable bonds is 5. The maximum absolute atomic E-state index is 12.7. The minimum absolute atomic E-state index is 0.0328. The summed E-state index contributed by atoms with van der Waals surface area (Å²) in [4.78, 5) is 40.1. The third kappa shape index (κ3) is 4.46. The number of pyridine rings is 1. The van der Waals surface area contributed by atoms with E-state index in [-0.39, 0.29) is 17.0 Å². The van der Waals surface area contributed by atoms with Gasteiger partial charge in [-0.2, -0.15) is 0 Å². The predicted octanol–water partition coefficient (Wildman–Crippen LogP) is 1.87. The minimum atomic E-state index is -0.501. The van der Waals surface area contributed by atoms with Crippen molar-refractivity contribution < 1.29 is 4.79 Å². The molecule has 1 unspecified atom stereocenters. The fourth-order valence-corrected chi connectivity index (χ4v) is 2.57. The first kappa shape index (κ1) is 18.5. The van der Waals surface area contributed by atoms with Crippen molar-refractivity contribution in [3.63, 3.8) is 0 Å². The third-order valence-electron chi connectivity index (χ3n) is 4.25. The quantitative estimate of drug-likeness (QED) is 0.717. The molecule has 3 aromatic heterocycles. The van der Waals surface area contributed by atoms with Crippen LogP contribution in [0.25, 0.3) is 11.5 Å². The number of hydrogen-bond acceptors (Lipinski definition) is 5. The number of amides is 1. The van der Waals surface area contributed by atoms with Crippen molar-refractivity contribution in [2.75, 3.05) is 0 Å². The second-order valence-corrected chi connectivity index (χ2v) is 7.34. The molecule has 8 heteroatoms. The molecule has 0 aliphatic heterocycles. The minimum Gasteiger partial charge on any atom is -0.347 e. The Morgan fingerprint density at radius 3 is 2.67 bits per heavy atom. The van der Waals surface area contributed by atoms with E-state index < -0.39 is 11.5 Å². The van der Waals surface area contributed by atoms with E-state index in [0.717, 1.165) is 0 Å². The maximum Gasteiger partial charge on any atom is 0.264 e. The highest BCUT2D eigenvalue weighted by Gasteiger charge is 2.28. The average Bonchev–Trinajstić information content (AvgIpc) is 3.14. The number of hydrogen-bond donors (Lipinski definition) is 2. The van der Waals surface area contributed by atoms with Crippen LogP contribution in [-0.4, -0.2) is 36.5 Å². The summed E-state index contributed by atoms with van der Waals surface area (Å²) < 4.78 is 1.89. The average molecular weight is 366 g/mol. The zero-order valence-corrected chi connectivity index (χ0v) is 15.5. The summed E-state index contributed by atoms with van der Waals surface area (Å²) in [6.07, 6.45) is 8.11. The summed E-state index contributed by atoms with van der Waals surface area (Å²) in [5.74, 6) is -0.140. The first-order valence-corrected chi connectivity index (χ1v) is 8.62. The van der Waals surface area contributed by atoms with Gasteiger partial charge in [0.25, 0.3) is 11.5 Å². The van der Waals surface area contributed by atoms with Gasteiger partial charge in [-0.05, 0) is 17.5 Å². The van der Waals surface area contributed by atoms with Crippen molar-refractivity contribution in [2.45, 2.75) is 33.4 Å². The second kappa shape index (κ2) is 7.53. The lowest BCUT2D eigenvalue weighted by molar-refractivity contribution is 0.0890. The summed E-state index contributed by atoms with van der Waals surface area (Å²) >= 11 is 0. The lowest BCUT2D eigenvalue weighted by atomic mass is 9.86. The molecule has 0 aliphatic carbocycles. The molecule has 3 rings (SSSR count). The number of carbonyl (C=O) groups excluding carboxylic acids is 1. The number of nitrogens with zero attached hydrogens (tertiary/aromatic N) is 4. The number of nitrogens with one attached hydrogen (secondary N) is 2. The van der Waals surface area contributed by atoms with Gasteiger partial charge in [0, 0.05) is 31.3 Å². The van der Waals surface area contributed by atoms with E-state index in [1.807, 2.05) is 31.5 Å². The molecule has 0 aromatic carbocycles. The summed E-state index contributed by atoms with van der Waals surface area (Å²) in [7, 11) is 0. The highest BCUT2D eigenvalue weighted by atomic mass is 16.2. The van der Waals surface area contributed by atoms with Crippen LogP contribution < -0.4 is 10.9 Å². The fourth-order valence-electron chi connectivity index (χ4n) is 2.57. The second-order valence-electron chi connectivity index (χ2n) is 7.34. The molecule has 0 bridgehead atoms. The number of H-pyrrole nitrogens is 1. The molecule has 0 fully saturated rings. The van der Waals surface area contributed by atoms with E-state index in [0.29, 0.717) is 18.1 Å². The predicted molar refractivity (Wildman–Crippen MR) is 101 cm³/mol. The van der Waals surface area contributed by atoms with Gasteiger partial charge in [0.2, 0.25) is 0 Å². The number of aromatic amines is 1. The van der Waals surface area contributed by atoms with Gasteiger partial charge in [-0.1, -0.05) is 26.8 Å². The highest BCUT2D eigenvalue weighted by molar-refractivity contribution is 5.93. The maximum atomic E-state index is 12.7. The molecule has 0 saturated carbocycles. The van der Waals surface area contributed by atoms with Crippen LogP contribution >= 0.6 is 0 Å². The van der Waals surface area contributed by atoms with Crippen LogP contribution in [0.3, 0.4) is 0 Å². The fraction of sp³-hybridized carbons (Fsp3) is 0.316. The first-order valence-electron chi connectivity index (χ1n) is 8.62. The van der Waals surface area contributed by atoms with Crippen LogP contribution in [0.4, 0.5) is 0 Å². The van der Waals surface area contributed by atoms with E-state index in [4.69, 9.17) is 0 Å². The van der Waals surface area contributed by atoms with Crippen molar-refractivity contribution in [3.8, 4) is 11.5 Å². The summed E-state index contributed by atoms with van der Waals surface area (Å²) in [5, 5.41) is 2.95. The Labute approximate surface area is 156 Å². The van der Waals surface area contributed by atoms with Crippen LogP contribution in [0, 0.1) is 5.41 Å². The summed E-state index contributed by atoms with van der Waals surface area (Å²) in [6, 6.07) is 5.11. The van der Waals surface area contributed by atoms with Crippen molar-refractivity contribution in [1.82, 2.24) is 29.8 Å². The molecule has 0 radical (unpaired) electrons. The Kier molecular flexibility index (Phi) is 5.16. The zero-order chi connectivity index (χ0) is 19.4. The lowest BCUT2D eigenvalue weighted by Gasteiger charge is -2.31. The van der Waals surface area contributed by atoms with Gasteiger partial charge in [-0.15, -0.1) is 0 Å². The molecular formula is C19H22N6O2. The van der Waals surface area contributed by atoms with Gasteiger partial charge in [0.15, 0.2) is 5.82 Å². The molecule has 27 heavy (non-hydrogen) atoms. The standard InChI is InChI=1S/C19H22N6O2/c1-19(2,3)15(11-25-9-8-20-12-25)23-17(26)13-10-22-16(24-18(13)27)14-6-4-5-7-21-14/h4-10,12,15H,11H2,1-3H3,(H,23,26)(H,22,24,27). The zero-order valence-electron chi connectivity index (χ0n) is 15.5. The number of imidazole rings is 1. The first-order chi connectivity index (χ1) is 12.8. The molecule has 3 aromatic rings. The molecule has 0 aliphatic rings. The van der Waals surface area contributed by atoms with Crippen LogP contribution in [-0.2, 0) is 6.54 Å². The Morgan fingerprint density at radius 2 is 2.07 bits per heavy atom. The third-order valence-corrected chi connectivity index (χ3v) is 4.25. The summed E-state index contributed by atoms with van der Waals surface area (Å²) in [5.41, 5.74) is -0.212. The van der Waals surface area contributed by atoms with Gasteiger partial charge < -0.3 is 14.9 Å². The van der Waals surface area contributed by atoms with Crippen molar-refractivity contribution in [2.24, 2.45) is 5.41 Å². The van der Waals surface area contributed by atoms with Crippen molar-refractivity contribution in [3.05, 3.63) is 65.2 Å². The molecular weight excluding hydrogens is 344 g/mol. The molecule has 0 saturated heterocycles. The topological polar surface area (TPSA) is 106 Å². The SMILES string of the molecule is CC(C)(C)C(Cn1ccnc1)NC(=O)c1cnc(-c2ccccn2)[nH]c1=O. The molecule has 3 heterocycles. The Morgan fingerprint density at radius 1 is 1.26 bits per heavy atom. The van der Waals surface area contributed by atoms with Crippen LogP contribution in [0.1, 0.15) is 31.1 Å². The number of aromatic nitrogens is 5. The monoisotopic (exact) mass is 366 g/mol. The van der Waals surface area contributed by atoms with E-state index in [2.05, 4.69) is 25.3 Å². The van der Waals surface area contributed by atoms with Gasteiger partial charge in [-0.25, -0.2) is 9.97 Å². The van der Waals surface area contributed by atoms with Crippen LogP contribution in [0.5, 0.6) is 0 Å². The largest absolute Gasteiger partial charge is 0.347 e. The lowest BCUT2D eigenvalue weighted by Crippen LogP contribution is -2.47. The summed E-state index contributed by atoms with van der Waals surface area (Å²) in [6.45, 7) is 6.64. The van der Waals surface area contributed by atoms with Gasteiger partial charge in [0.05, 0.1) is 12.4 Å². The van der Waals surface area contributed by atoms with E-state index in [9.17, 15) is 9.59 Å². The smallest absolute Gasteiger partial charge is 0.264 e. The van der Waals surface area contributed by atoms with Gasteiger partial charge in [-0.3, -0.25) is 14.6 Å². The van der Waals surface area contributed by atoms with Crippen LogP contribution in [0.2, 0.25) is 0 Å². The molecule has 1 atom stereocenters.